The highest BCUT2D eigenvalue weighted by molar-refractivity contribution is 5.84. The number of nitrogens with zero attached hydrogens (tertiary/aromatic N) is 2. The number of fused-ring (bicyclic) bond motifs is 1. The van der Waals surface area contributed by atoms with Crippen LogP contribution in [-0.2, 0) is 14.3 Å². The molecule has 0 aliphatic carbocycles. The van der Waals surface area contributed by atoms with Crippen molar-refractivity contribution in [3.63, 3.8) is 0 Å². The number of aromatic nitrogens is 2. The van der Waals surface area contributed by atoms with Crippen molar-refractivity contribution >= 4 is 29.1 Å². The maximum absolute atomic E-state index is 12.2. The molecule has 3 heterocycles. The second kappa shape index (κ2) is 9.95. The molecule has 1 aliphatic rings. The van der Waals surface area contributed by atoms with Crippen molar-refractivity contribution in [2.75, 3.05) is 7.11 Å². The summed E-state index contributed by atoms with van der Waals surface area (Å²) in [4.78, 5) is 32.6. The number of primary amides is 1. The molecule has 0 unspecified atom stereocenters. The van der Waals surface area contributed by atoms with E-state index in [1.165, 1.54) is 0 Å². The minimum atomic E-state index is -0.617. The number of nitrogens with two attached hydrogens (primary N) is 1. The lowest BCUT2D eigenvalue weighted by atomic mass is 9.95. The summed E-state index contributed by atoms with van der Waals surface area (Å²) in [5, 5.41) is 2.81. The molecule has 0 radical (unpaired) electrons. The van der Waals surface area contributed by atoms with E-state index in [9.17, 15) is 9.59 Å². The highest BCUT2D eigenvalue weighted by Crippen LogP contribution is 2.25. The quantitative estimate of drug-likeness (QED) is 0.704. The fourth-order valence-corrected chi connectivity index (χ4v) is 3.56. The molecule has 1 aliphatic heterocycles. The lowest BCUT2D eigenvalue weighted by Crippen LogP contribution is -2.51. The Morgan fingerprint density at radius 3 is 2.75 bits per heavy atom. The second-order valence-corrected chi connectivity index (χ2v) is 8.69. The molecule has 3 rings (SSSR count). The fourth-order valence-electron chi connectivity index (χ4n) is 3.56. The number of amides is 2. The number of hydrogen-bond donors (Lipinski definition) is 2. The van der Waals surface area contributed by atoms with Crippen LogP contribution in [0.3, 0.4) is 0 Å². The van der Waals surface area contributed by atoms with Crippen LogP contribution in [0.15, 0.2) is 30.5 Å². The fraction of sp³-hybridized carbons (Fsp3) is 0.478. The van der Waals surface area contributed by atoms with E-state index < -0.39 is 23.7 Å². The number of ether oxygens (including phenoxy) is 3. The zero-order valence-corrected chi connectivity index (χ0v) is 18.8. The maximum Gasteiger partial charge on any atom is 0.407 e. The Morgan fingerprint density at radius 2 is 2.06 bits per heavy atom. The summed E-state index contributed by atoms with van der Waals surface area (Å²) < 4.78 is 16.6. The van der Waals surface area contributed by atoms with Gasteiger partial charge in [0, 0.05) is 17.8 Å². The third-order valence-electron chi connectivity index (χ3n) is 4.95. The van der Waals surface area contributed by atoms with Crippen molar-refractivity contribution in [3.8, 4) is 5.88 Å². The van der Waals surface area contributed by atoms with Crippen molar-refractivity contribution < 1.29 is 23.8 Å². The van der Waals surface area contributed by atoms with Crippen LogP contribution < -0.4 is 15.8 Å². The monoisotopic (exact) mass is 442 g/mol. The average molecular weight is 443 g/mol. The van der Waals surface area contributed by atoms with E-state index in [0.717, 1.165) is 16.6 Å². The first-order chi connectivity index (χ1) is 15.1. The lowest BCUT2D eigenvalue weighted by Gasteiger charge is -2.36. The van der Waals surface area contributed by atoms with Crippen LogP contribution in [0, 0.1) is 0 Å². The summed E-state index contributed by atoms with van der Waals surface area (Å²) in [6.45, 7) is 5.37. The van der Waals surface area contributed by atoms with Crippen LogP contribution in [0.2, 0.25) is 0 Å². The molecule has 2 amide bonds. The SMILES string of the molecule is COc1ccc2nccc(C=C[C@@H]3CC[C@@H](NC(=O)OC(C)(C)C)[C@H](CC(N)=O)O3)c2n1. The Balaban J connectivity index is 1.72. The first-order valence-corrected chi connectivity index (χ1v) is 10.6. The summed E-state index contributed by atoms with van der Waals surface area (Å²) in [5.41, 5.74) is 7.14. The molecule has 1 fully saturated rings. The van der Waals surface area contributed by atoms with Gasteiger partial charge in [-0.25, -0.2) is 9.78 Å². The number of rotatable bonds is 6. The Kier molecular flexibility index (Phi) is 7.29. The van der Waals surface area contributed by atoms with E-state index in [1.807, 2.05) is 24.3 Å². The van der Waals surface area contributed by atoms with Gasteiger partial charge in [0.25, 0.3) is 0 Å². The van der Waals surface area contributed by atoms with E-state index in [1.54, 1.807) is 40.1 Å². The van der Waals surface area contributed by atoms with Gasteiger partial charge in [0.05, 0.1) is 42.8 Å². The molecule has 0 spiro atoms. The molecule has 0 saturated carbocycles. The lowest BCUT2D eigenvalue weighted by molar-refractivity contribution is -0.124. The zero-order chi connectivity index (χ0) is 23.3. The van der Waals surface area contributed by atoms with Gasteiger partial charge in [0.15, 0.2) is 0 Å². The molecular weight excluding hydrogens is 412 g/mol. The molecule has 9 heteroatoms. The van der Waals surface area contributed by atoms with Gasteiger partial charge in [-0.15, -0.1) is 0 Å². The third kappa shape index (κ3) is 6.40. The molecule has 9 nitrogen and oxygen atoms in total. The van der Waals surface area contributed by atoms with Gasteiger partial charge in [-0.3, -0.25) is 9.78 Å². The third-order valence-corrected chi connectivity index (χ3v) is 4.95. The number of carbonyl (C=O) groups excluding carboxylic acids is 2. The van der Waals surface area contributed by atoms with Crippen LogP contribution in [0.1, 0.15) is 45.6 Å². The number of methoxy groups -OCH3 is 1. The Bertz CT molecular complexity index is 1000. The zero-order valence-electron chi connectivity index (χ0n) is 18.8. The number of carbonyl (C=O) groups is 2. The normalized spacial score (nSPS) is 21.4. The molecule has 0 aromatic carbocycles. The van der Waals surface area contributed by atoms with E-state index in [-0.39, 0.29) is 18.6 Å². The average Bonchev–Trinajstić information content (AvgIpc) is 2.71. The number of hydrogen-bond acceptors (Lipinski definition) is 7. The van der Waals surface area contributed by atoms with Gasteiger partial charge in [-0.1, -0.05) is 12.2 Å². The molecule has 172 valence electrons. The number of nitrogens with one attached hydrogen (secondary N) is 1. The topological polar surface area (TPSA) is 126 Å². The standard InChI is InChI=1S/C23H30N4O5/c1-23(2,3)32-22(29)26-16-8-7-15(31-18(16)13-19(24)28)6-5-14-11-12-25-17-9-10-20(30-4)27-21(14)17/h5-6,9-12,15-16,18H,7-8,13H2,1-4H3,(H2,24,28)(H,26,29)/t15-,16-,18+/m1/s1. The molecule has 2 aromatic heterocycles. The summed E-state index contributed by atoms with van der Waals surface area (Å²) in [7, 11) is 1.57. The highest BCUT2D eigenvalue weighted by Gasteiger charge is 2.33. The van der Waals surface area contributed by atoms with E-state index in [2.05, 4.69) is 15.3 Å². The van der Waals surface area contributed by atoms with Crippen molar-refractivity contribution in [1.29, 1.82) is 0 Å². The number of pyridine rings is 2. The largest absolute Gasteiger partial charge is 0.481 e. The van der Waals surface area contributed by atoms with Crippen LogP contribution in [0.25, 0.3) is 17.1 Å². The molecule has 2 aromatic rings. The predicted molar refractivity (Wildman–Crippen MR) is 120 cm³/mol. The smallest absolute Gasteiger partial charge is 0.407 e. The molecule has 1 saturated heterocycles. The van der Waals surface area contributed by atoms with Gasteiger partial charge in [-0.05, 0) is 45.7 Å². The van der Waals surface area contributed by atoms with Crippen LogP contribution >= 0.6 is 0 Å². The van der Waals surface area contributed by atoms with Crippen molar-refractivity contribution in [2.24, 2.45) is 5.73 Å². The van der Waals surface area contributed by atoms with Crippen molar-refractivity contribution in [2.45, 2.75) is 63.9 Å². The Morgan fingerprint density at radius 1 is 1.28 bits per heavy atom. The first kappa shape index (κ1) is 23.5. The van der Waals surface area contributed by atoms with Crippen molar-refractivity contribution in [1.82, 2.24) is 15.3 Å². The van der Waals surface area contributed by atoms with Crippen LogP contribution in [0.4, 0.5) is 4.79 Å². The number of alkyl carbamates (subject to hydrolysis) is 1. The van der Waals surface area contributed by atoms with Crippen molar-refractivity contribution in [3.05, 3.63) is 36.0 Å². The first-order valence-electron chi connectivity index (χ1n) is 10.6. The Labute approximate surface area is 187 Å². The van der Waals surface area contributed by atoms with Crippen LogP contribution in [-0.4, -0.2) is 52.9 Å². The summed E-state index contributed by atoms with van der Waals surface area (Å²) in [6.07, 6.45) is 5.51. The maximum atomic E-state index is 12.2. The van der Waals surface area contributed by atoms with Crippen LogP contribution in [0.5, 0.6) is 5.88 Å². The molecule has 3 N–H and O–H groups in total. The summed E-state index contributed by atoms with van der Waals surface area (Å²) in [6, 6.07) is 5.11. The summed E-state index contributed by atoms with van der Waals surface area (Å²) in [5.74, 6) is 0.0127. The second-order valence-electron chi connectivity index (χ2n) is 8.69. The van der Waals surface area contributed by atoms with Gasteiger partial charge >= 0.3 is 6.09 Å². The minimum Gasteiger partial charge on any atom is -0.481 e. The van der Waals surface area contributed by atoms with Gasteiger partial charge in [0.1, 0.15) is 5.60 Å². The van der Waals surface area contributed by atoms with Gasteiger partial charge in [-0.2, -0.15) is 0 Å². The predicted octanol–water partition coefficient (Wildman–Crippen LogP) is 2.97. The van der Waals surface area contributed by atoms with E-state index in [0.29, 0.717) is 18.7 Å². The highest BCUT2D eigenvalue weighted by atomic mass is 16.6. The Hall–Kier alpha value is -3.20. The summed E-state index contributed by atoms with van der Waals surface area (Å²) >= 11 is 0. The van der Waals surface area contributed by atoms with E-state index in [4.69, 9.17) is 19.9 Å². The molecule has 3 atom stereocenters. The molecule has 32 heavy (non-hydrogen) atoms. The molecular formula is C23H30N4O5. The van der Waals surface area contributed by atoms with E-state index >= 15 is 0 Å². The van der Waals surface area contributed by atoms with Gasteiger partial charge in [0.2, 0.25) is 11.8 Å². The molecule has 0 bridgehead atoms. The van der Waals surface area contributed by atoms with Gasteiger partial charge < -0.3 is 25.3 Å². The minimum absolute atomic E-state index is 0.00173.